The Morgan fingerprint density at radius 3 is 2.47 bits per heavy atom. The van der Waals surface area contributed by atoms with E-state index in [-0.39, 0.29) is 11.4 Å². The van der Waals surface area contributed by atoms with Gasteiger partial charge in [-0.05, 0) is 58.4 Å². The van der Waals surface area contributed by atoms with Gasteiger partial charge in [0.15, 0.2) is 0 Å². The highest BCUT2D eigenvalue weighted by atomic mass is 79.9. The van der Waals surface area contributed by atoms with E-state index in [1.807, 2.05) is 6.07 Å². The van der Waals surface area contributed by atoms with Gasteiger partial charge < -0.3 is 20.1 Å². The van der Waals surface area contributed by atoms with E-state index in [9.17, 15) is 22.4 Å². The number of aromatic nitrogens is 1. The highest BCUT2D eigenvalue weighted by molar-refractivity contribution is 9.10. The maximum Gasteiger partial charge on any atom is 0.540 e. The smallest absolute Gasteiger partial charge is 0.456 e. The largest absolute Gasteiger partial charge is 0.540 e. The predicted molar refractivity (Wildman–Crippen MR) is 113 cm³/mol. The highest BCUT2D eigenvalue weighted by Gasteiger charge is 2.54. The first-order chi connectivity index (χ1) is 16.0. The number of nitriles is 1. The third-order valence-electron chi connectivity index (χ3n) is 4.29. The van der Waals surface area contributed by atoms with Gasteiger partial charge in [-0.25, -0.2) is 14.5 Å². The Morgan fingerprint density at radius 2 is 1.76 bits per heavy atom. The average molecular weight is 539 g/mol. The molecule has 174 valence electrons. The van der Waals surface area contributed by atoms with Gasteiger partial charge in [-0.15, -0.1) is 8.78 Å². The fraction of sp³-hybridized carbons (Fsp3) is 0.0952. The Hall–Kier alpha value is -3.89. The van der Waals surface area contributed by atoms with Crippen molar-refractivity contribution >= 4 is 33.3 Å². The molecule has 8 nitrogen and oxygen atoms in total. The molecule has 0 atom stereocenters. The first kappa shape index (κ1) is 23.3. The number of nitrogens with zero attached hydrogens (tertiary/aromatic N) is 2. The molecule has 0 saturated heterocycles. The van der Waals surface area contributed by atoms with E-state index >= 15 is 0 Å². The number of hydrogen-bond donors (Lipinski definition) is 2. The number of alkyl halides is 4. The minimum atomic E-state index is -4.48. The van der Waals surface area contributed by atoms with Crippen LogP contribution in [0.15, 0.2) is 59.2 Å². The fourth-order valence-electron chi connectivity index (χ4n) is 2.89. The van der Waals surface area contributed by atoms with Crippen LogP contribution in [-0.2, 0) is 10.8 Å². The summed E-state index contributed by atoms with van der Waals surface area (Å²) in [5.41, 5.74) is -0.580. The van der Waals surface area contributed by atoms with Crippen LogP contribution in [0.1, 0.15) is 11.3 Å². The van der Waals surface area contributed by atoms with Crippen molar-refractivity contribution in [2.75, 3.05) is 10.6 Å². The molecule has 34 heavy (non-hydrogen) atoms. The molecule has 2 aromatic carbocycles. The molecule has 0 unspecified atom stereocenters. The second-order valence-electron chi connectivity index (χ2n) is 6.71. The zero-order valence-corrected chi connectivity index (χ0v) is 18.2. The van der Waals surface area contributed by atoms with Crippen molar-refractivity contribution in [3.8, 4) is 23.3 Å². The summed E-state index contributed by atoms with van der Waals surface area (Å²) in [5, 5.41) is 13.7. The van der Waals surface area contributed by atoms with E-state index in [1.54, 1.807) is 12.1 Å². The second kappa shape index (κ2) is 8.81. The minimum absolute atomic E-state index is 0.113. The first-order valence-electron chi connectivity index (χ1n) is 9.25. The molecule has 0 aliphatic carbocycles. The van der Waals surface area contributed by atoms with Crippen LogP contribution in [0, 0.1) is 11.3 Å². The highest BCUT2D eigenvalue weighted by Crippen LogP contribution is 2.46. The van der Waals surface area contributed by atoms with E-state index in [1.165, 1.54) is 24.4 Å². The Kier molecular flexibility index (Phi) is 6.03. The predicted octanol–water partition coefficient (Wildman–Crippen LogP) is 6.16. The molecule has 4 rings (SSSR count). The van der Waals surface area contributed by atoms with Crippen LogP contribution >= 0.6 is 15.9 Å². The molecule has 0 radical (unpaired) electrons. The normalized spacial score (nSPS) is 15.3. The maximum absolute atomic E-state index is 13.9. The summed E-state index contributed by atoms with van der Waals surface area (Å²) in [6, 6.07) is 11.4. The number of pyridine rings is 1. The Morgan fingerprint density at radius 1 is 1.06 bits per heavy atom. The summed E-state index contributed by atoms with van der Waals surface area (Å²) in [6.07, 6.45) is -7.39. The number of anilines is 2. The van der Waals surface area contributed by atoms with Crippen molar-refractivity contribution in [2.45, 2.75) is 12.4 Å². The molecule has 2 heterocycles. The van der Waals surface area contributed by atoms with Gasteiger partial charge in [-0.1, -0.05) is 0 Å². The SMILES string of the molecule is N#Cc1cc(Oc2ccc(NC(=O)Nc3ccc4c(c3)C(F)(F)OC(F)(F)O4)cc2Br)ccn1. The lowest BCUT2D eigenvalue weighted by atomic mass is 10.1. The number of urea groups is 1. The van der Waals surface area contributed by atoms with Crippen molar-refractivity contribution in [3.05, 3.63) is 70.5 Å². The number of hydrogen-bond acceptors (Lipinski definition) is 6. The van der Waals surface area contributed by atoms with E-state index in [2.05, 4.69) is 41.0 Å². The monoisotopic (exact) mass is 538 g/mol. The lowest BCUT2D eigenvalue weighted by molar-refractivity contribution is -0.461. The minimum Gasteiger partial charge on any atom is -0.456 e. The Labute approximate surface area is 197 Å². The molecule has 1 aliphatic rings. The van der Waals surface area contributed by atoms with Crippen LogP contribution in [0.4, 0.5) is 33.7 Å². The van der Waals surface area contributed by atoms with Gasteiger partial charge in [0.25, 0.3) is 0 Å². The number of halogens is 5. The van der Waals surface area contributed by atoms with Gasteiger partial charge in [0.05, 0.1) is 10.0 Å². The Balaban J connectivity index is 1.44. The maximum atomic E-state index is 13.9. The van der Waals surface area contributed by atoms with Gasteiger partial charge in [-0.2, -0.15) is 14.0 Å². The molecular weight excluding hydrogens is 528 g/mol. The molecule has 0 fully saturated rings. The molecule has 2 N–H and O–H groups in total. The summed E-state index contributed by atoms with van der Waals surface area (Å²) in [6.45, 7) is 0. The molecule has 1 aliphatic heterocycles. The van der Waals surface area contributed by atoms with Crippen molar-refractivity contribution < 1.29 is 36.6 Å². The number of ether oxygens (including phenoxy) is 3. The number of carbonyl (C=O) groups excluding carboxylic acids is 1. The standard InChI is InChI=1S/C21H11BrF4N4O4/c22-16-9-12(2-4-18(16)32-14-5-6-28-13(7-14)10-27)30-19(31)29-11-1-3-17-15(8-11)20(23,24)34-21(25,26)33-17/h1-9H,(H2,29,30,31). The van der Waals surface area contributed by atoms with E-state index in [0.717, 1.165) is 18.2 Å². The van der Waals surface area contributed by atoms with Crippen LogP contribution in [0.5, 0.6) is 17.2 Å². The van der Waals surface area contributed by atoms with Crippen molar-refractivity contribution in [2.24, 2.45) is 0 Å². The van der Waals surface area contributed by atoms with Gasteiger partial charge in [-0.3, -0.25) is 0 Å². The molecule has 0 spiro atoms. The summed E-state index contributed by atoms with van der Waals surface area (Å²) >= 11 is 3.31. The lowest BCUT2D eigenvalue weighted by Crippen LogP contribution is -2.41. The van der Waals surface area contributed by atoms with E-state index in [0.29, 0.717) is 21.7 Å². The van der Waals surface area contributed by atoms with Crippen LogP contribution < -0.4 is 20.1 Å². The number of fused-ring (bicyclic) bond motifs is 1. The summed E-state index contributed by atoms with van der Waals surface area (Å²) in [7, 11) is 0. The lowest BCUT2D eigenvalue weighted by Gasteiger charge is -2.30. The summed E-state index contributed by atoms with van der Waals surface area (Å²) in [4.78, 5) is 16.1. The van der Waals surface area contributed by atoms with E-state index < -0.39 is 29.7 Å². The Bertz CT molecular complexity index is 1320. The molecule has 0 bridgehead atoms. The van der Waals surface area contributed by atoms with Gasteiger partial charge in [0.1, 0.15) is 29.0 Å². The number of nitrogens with one attached hydrogen (secondary N) is 2. The van der Waals surface area contributed by atoms with Crippen molar-refractivity contribution in [3.63, 3.8) is 0 Å². The summed E-state index contributed by atoms with van der Waals surface area (Å²) in [5.74, 6) is -0.0155. The third kappa shape index (κ3) is 5.19. The van der Waals surface area contributed by atoms with Crippen LogP contribution in [-0.4, -0.2) is 17.3 Å². The number of benzene rings is 2. The zero-order valence-electron chi connectivity index (χ0n) is 16.6. The molecule has 1 aromatic heterocycles. The van der Waals surface area contributed by atoms with E-state index in [4.69, 9.17) is 10.00 Å². The molecule has 13 heteroatoms. The van der Waals surface area contributed by atoms with Crippen molar-refractivity contribution in [1.82, 2.24) is 4.98 Å². The van der Waals surface area contributed by atoms with Gasteiger partial charge >= 0.3 is 18.4 Å². The number of amides is 2. The second-order valence-corrected chi connectivity index (χ2v) is 7.56. The zero-order chi connectivity index (χ0) is 24.5. The third-order valence-corrected chi connectivity index (χ3v) is 4.91. The van der Waals surface area contributed by atoms with Gasteiger partial charge in [0, 0.05) is 23.6 Å². The molecular formula is C21H11BrF4N4O4. The van der Waals surface area contributed by atoms with Crippen LogP contribution in [0.2, 0.25) is 0 Å². The van der Waals surface area contributed by atoms with Crippen LogP contribution in [0.25, 0.3) is 0 Å². The quantitative estimate of drug-likeness (QED) is 0.385. The first-order valence-corrected chi connectivity index (χ1v) is 10.0. The topological polar surface area (TPSA) is 106 Å². The van der Waals surface area contributed by atoms with Gasteiger partial charge in [0.2, 0.25) is 0 Å². The number of rotatable bonds is 4. The summed E-state index contributed by atoms with van der Waals surface area (Å²) < 4.78 is 67.6. The molecule has 3 aromatic rings. The van der Waals surface area contributed by atoms with Crippen LogP contribution in [0.3, 0.4) is 0 Å². The molecule has 0 saturated carbocycles. The number of carbonyl (C=O) groups is 1. The molecule has 2 amide bonds. The fourth-order valence-corrected chi connectivity index (χ4v) is 3.35. The average Bonchev–Trinajstić information content (AvgIpc) is 2.75. The van der Waals surface area contributed by atoms with Crippen molar-refractivity contribution in [1.29, 1.82) is 5.26 Å².